The largest absolute Gasteiger partial charge is 0.465 e. The standard InChI is InChI=1S/C18H27N3O4/c19-16(17(23)21-15-7-5-14(11-22)6-8-15)9-12-1-3-13(4-2-12)10-20-18(24)25/h5-8,12-13,16,20,22H,1-4,9-11,19H2,(H,21,23)(H,24,25). The summed E-state index contributed by atoms with van der Waals surface area (Å²) in [4.78, 5) is 22.7. The third-order valence-electron chi connectivity index (χ3n) is 4.84. The van der Waals surface area contributed by atoms with Crippen molar-refractivity contribution in [3.63, 3.8) is 0 Å². The number of nitrogens with two attached hydrogens (primary N) is 1. The quantitative estimate of drug-likeness (QED) is 0.514. The van der Waals surface area contributed by atoms with Crippen molar-refractivity contribution in [1.29, 1.82) is 0 Å². The normalized spacial score (nSPS) is 21.4. The summed E-state index contributed by atoms with van der Waals surface area (Å²) in [6.07, 6.45) is 3.52. The Kier molecular flexibility index (Phi) is 7.21. The molecule has 2 rings (SSSR count). The third-order valence-corrected chi connectivity index (χ3v) is 4.84. The Morgan fingerprint density at radius 1 is 1.12 bits per heavy atom. The van der Waals surface area contributed by atoms with Crippen molar-refractivity contribution >= 4 is 17.7 Å². The first kappa shape index (κ1) is 19.2. The van der Waals surface area contributed by atoms with E-state index in [2.05, 4.69) is 10.6 Å². The zero-order valence-corrected chi connectivity index (χ0v) is 14.3. The molecule has 0 aromatic heterocycles. The average molecular weight is 349 g/mol. The summed E-state index contributed by atoms with van der Waals surface area (Å²) in [7, 11) is 0. The van der Waals surface area contributed by atoms with E-state index in [9.17, 15) is 9.59 Å². The van der Waals surface area contributed by atoms with Crippen LogP contribution in [0, 0.1) is 11.8 Å². The van der Waals surface area contributed by atoms with Gasteiger partial charge in [-0.15, -0.1) is 0 Å². The van der Waals surface area contributed by atoms with Crippen LogP contribution in [-0.4, -0.2) is 34.8 Å². The predicted molar refractivity (Wildman–Crippen MR) is 95.1 cm³/mol. The van der Waals surface area contributed by atoms with Gasteiger partial charge in [-0.1, -0.05) is 25.0 Å². The third kappa shape index (κ3) is 6.36. The molecule has 1 aliphatic rings. The number of benzene rings is 1. The molecule has 0 saturated heterocycles. The minimum absolute atomic E-state index is 0.0294. The topological polar surface area (TPSA) is 125 Å². The molecule has 1 saturated carbocycles. The number of carbonyl (C=O) groups excluding carboxylic acids is 1. The predicted octanol–water partition coefficient (Wildman–Crippen LogP) is 1.91. The number of carbonyl (C=O) groups is 2. The number of carboxylic acid groups (broad SMARTS) is 1. The zero-order valence-electron chi connectivity index (χ0n) is 14.3. The highest BCUT2D eigenvalue weighted by atomic mass is 16.4. The van der Waals surface area contributed by atoms with Gasteiger partial charge in [-0.2, -0.15) is 0 Å². The number of nitrogens with one attached hydrogen (secondary N) is 2. The molecule has 1 aromatic carbocycles. The first-order valence-corrected chi connectivity index (χ1v) is 8.71. The Morgan fingerprint density at radius 2 is 1.72 bits per heavy atom. The highest BCUT2D eigenvalue weighted by Gasteiger charge is 2.25. The van der Waals surface area contributed by atoms with Gasteiger partial charge in [0.15, 0.2) is 0 Å². The van der Waals surface area contributed by atoms with Crippen LogP contribution in [0.1, 0.15) is 37.7 Å². The average Bonchev–Trinajstić information content (AvgIpc) is 2.61. The number of hydrogen-bond donors (Lipinski definition) is 5. The molecule has 138 valence electrons. The summed E-state index contributed by atoms with van der Waals surface area (Å²) in [5.74, 6) is 0.576. The van der Waals surface area contributed by atoms with E-state index >= 15 is 0 Å². The smallest absolute Gasteiger partial charge is 0.404 e. The van der Waals surface area contributed by atoms with Crippen LogP contribution in [0.25, 0.3) is 0 Å². The highest BCUT2D eigenvalue weighted by Crippen LogP contribution is 2.31. The first-order valence-electron chi connectivity index (χ1n) is 8.71. The van der Waals surface area contributed by atoms with E-state index in [0.717, 1.165) is 31.2 Å². The summed E-state index contributed by atoms with van der Waals surface area (Å²) in [6.45, 7) is 0.469. The lowest BCUT2D eigenvalue weighted by atomic mass is 9.79. The summed E-state index contributed by atoms with van der Waals surface area (Å²) >= 11 is 0. The summed E-state index contributed by atoms with van der Waals surface area (Å²) < 4.78 is 0. The van der Waals surface area contributed by atoms with Gasteiger partial charge in [-0.25, -0.2) is 4.79 Å². The molecule has 0 aliphatic heterocycles. The van der Waals surface area contributed by atoms with Crippen LogP contribution in [0.15, 0.2) is 24.3 Å². The van der Waals surface area contributed by atoms with Gasteiger partial charge in [0, 0.05) is 12.2 Å². The molecular weight excluding hydrogens is 322 g/mol. The number of aliphatic hydroxyl groups excluding tert-OH is 1. The second-order valence-corrected chi connectivity index (χ2v) is 6.76. The summed E-state index contributed by atoms with van der Waals surface area (Å²) in [6, 6.07) is 6.45. The van der Waals surface area contributed by atoms with Crippen molar-refractivity contribution in [2.75, 3.05) is 11.9 Å². The van der Waals surface area contributed by atoms with Crippen molar-refractivity contribution in [2.24, 2.45) is 17.6 Å². The number of anilines is 1. The van der Waals surface area contributed by atoms with Crippen molar-refractivity contribution in [2.45, 2.75) is 44.8 Å². The first-order chi connectivity index (χ1) is 12.0. The molecule has 25 heavy (non-hydrogen) atoms. The van der Waals surface area contributed by atoms with E-state index in [-0.39, 0.29) is 12.5 Å². The minimum atomic E-state index is -0.979. The number of rotatable bonds is 7. The number of aliphatic hydroxyl groups is 1. The molecule has 0 spiro atoms. The molecule has 7 nitrogen and oxygen atoms in total. The molecule has 7 heteroatoms. The molecule has 0 bridgehead atoms. The van der Waals surface area contributed by atoms with E-state index in [1.54, 1.807) is 24.3 Å². The molecular formula is C18H27N3O4. The van der Waals surface area contributed by atoms with E-state index < -0.39 is 12.1 Å². The Hall–Kier alpha value is -2.12. The van der Waals surface area contributed by atoms with Crippen LogP contribution in [0.2, 0.25) is 0 Å². The number of amides is 2. The van der Waals surface area contributed by atoms with Gasteiger partial charge in [0.25, 0.3) is 0 Å². The van der Waals surface area contributed by atoms with Crippen LogP contribution in [-0.2, 0) is 11.4 Å². The molecule has 1 fully saturated rings. The maximum Gasteiger partial charge on any atom is 0.404 e. The fourth-order valence-electron chi connectivity index (χ4n) is 3.30. The van der Waals surface area contributed by atoms with Crippen LogP contribution in [0.5, 0.6) is 0 Å². The van der Waals surface area contributed by atoms with Gasteiger partial charge in [0.2, 0.25) is 5.91 Å². The second-order valence-electron chi connectivity index (χ2n) is 6.76. The van der Waals surface area contributed by atoms with Gasteiger partial charge in [-0.05, 0) is 48.8 Å². The Bertz CT molecular complexity index is 568. The lowest BCUT2D eigenvalue weighted by molar-refractivity contribution is -0.117. The van der Waals surface area contributed by atoms with Gasteiger partial charge < -0.3 is 26.6 Å². The monoisotopic (exact) mass is 349 g/mol. The zero-order chi connectivity index (χ0) is 18.2. The van der Waals surface area contributed by atoms with Crippen molar-refractivity contribution in [3.8, 4) is 0 Å². The fourth-order valence-corrected chi connectivity index (χ4v) is 3.30. The van der Waals surface area contributed by atoms with Crippen LogP contribution in [0.3, 0.4) is 0 Å². The van der Waals surface area contributed by atoms with Crippen molar-refractivity contribution in [3.05, 3.63) is 29.8 Å². The SMILES string of the molecule is NC(CC1CCC(CNC(=O)O)CC1)C(=O)Nc1ccc(CO)cc1. The molecule has 1 aliphatic carbocycles. The molecule has 6 N–H and O–H groups in total. The van der Waals surface area contributed by atoms with E-state index in [4.69, 9.17) is 15.9 Å². The Labute approximate surface area is 147 Å². The van der Waals surface area contributed by atoms with Crippen molar-refractivity contribution in [1.82, 2.24) is 5.32 Å². The summed E-state index contributed by atoms with van der Waals surface area (Å²) in [5.41, 5.74) is 7.50. The van der Waals surface area contributed by atoms with Gasteiger partial charge in [0.1, 0.15) is 0 Å². The fraction of sp³-hybridized carbons (Fsp3) is 0.556. The van der Waals surface area contributed by atoms with Crippen molar-refractivity contribution < 1.29 is 19.8 Å². The maximum absolute atomic E-state index is 12.2. The molecule has 1 atom stereocenters. The minimum Gasteiger partial charge on any atom is -0.465 e. The lowest BCUT2D eigenvalue weighted by Crippen LogP contribution is -2.38. The molecule has 1 aromatic rings. The molecule has 1 unspecified atom stereocenters. The Morgan fingerprint density at radius 3 is 2.28 bits per heavy atom. The van der Waals surface area contributed by atoms with Gasteiger partial charge in [-0.3, -0.25) is 4.79 Å². The van der Waals surface area contributed by atoms with E-state index in [0.29, 0.717) is 30.5 Å². The highest BCUT2D eigenvalue weighted by molar-refractivity contribution is 5.94. The maximum atomic E-state index is 12.2. The molecule has 0 radical (unpaired) electrons. The van der Waals surface area contributed by atoms with Gasteiger partial charge >= 0.3 is 6.09 Å². The van der Waals surface area contributed by atoms with E-state index in [1.165, 1.54) is 0 Å². The Balaban J connectivity index is 1.73. The molecule has 2 amide bonds. The van der Waals surface area contributed by atoms with Crippen LogP contribution < -0.4 is 16.4 Å². The lowest BCUT2D eigenvalue weighted by Gasteiger charge is -2.29. The van der Waals surface area contributed by atoms with Crippen LogP contribution >= 0.6 is 0 Å². The summed E-state index contributed by atoms with van der Waals surface area (Å²) in [5, 5.41) is 22.9. The molecule has 0 heterocycles. The van der Waals surface area contributed by atoms with Gasteiger partial charge in [0.05, 0.1) is 12.6 Å². The van der Waals surface area contributed by atoms with Crippen LogP contribution in [0.4, 0.5) is 10.5 Å². The van der Waals surface area contributed by atoms with E-state index in [1.807, 2.05) is 0 Å². The second kappa shape index (κ2) is 9.39. The number of hydrogen-bond acceptors (Lipinski definition) is 4.